The third-order valence-electron chi connectivity index (χ3n) is 8.62. The number of aliphatic carboxylic acids is 1. The van der Waals surface area contributed by atoms with Crippen LogP contribution in [0.1, 0.15) is 65.2 Å². The molecule has 0 bridgehead atoms. The third-order valence-corrected chi connectivity index (χ3v) is 9.12. The van der Waals surface area contributed by atoms with E-state index in [1.54, 1.807) is 0 Å². The second-order valence-corrected chi connectivity index (χ2v) is 9.91. The Labute approximate surface area is 155 Å². The maximum Gasteiger partial charge on any atom is 0.321 e. The molecule has 4 heteroatoms. The van der Waals surface area contributed by atoms with Gasteiger partial charge in [-0.25, -0.2) is 0 Å². The van der Waals surface area contributed by atoms with Crippen LogP contribution >= 0.6 is 11.6 Å². The van der Waals surface area contributed by atoms with E-state index in [1.807, 2.05) is 6.08 Å². The van der Waals surface area contributed by atoms with Gasteiger partial charge in [0.2, 0.25) is 0 Å². The van der Waals surface area contributed by atoms with Crippen LogP contribution < -0.4 is 0 Å². The molecule has 4 aliphatic rings. The number of carbonyl (C=O) groups excluding carboxylic acids is 1. The van der Waals surface area contributed by atoms with E-state index in [2.05, 4.69) is 13.8 Å². The monoisotopic (exact) mass is 364 g/mol. The van der Waals surface area contributed by atoms with Gasteiger partial charge in [0.1, 0.15) is 5.38 Å². The van der Waals surface area contributed by atoms with Gasteiger partial charge in [0, 0.05) is 6.42 Å². The third kappa shape index (κ3) is 2.44. The van der Waals surface area contributed by atoms with Crippen molar-refractivity contribution in [2.75, 3.05) is 0 Å². The van der Waals surface area contributed by atoms with Crippen molar-refractivity contribution < 1.29 is 14.7 Å². The summed E-state index contributed by atoms with van der Waals surface area (Å²) in [6, 6.07) is 0. The Kier molecular flexibility index (Phi) is 4.10. The van der Waals surface area contributed by atoms with Crippen molar-refractivity contribution in [2.24, 2.45) is 34.5 Å². The Balaban J connectivity index is 1.63. The van der Waals surface area contributed by atoms with Crippen molar-refractivity contribution in [2.45, 2.75) is 70.6 Å². The Hall–Kier alpha value is -0.830. The predicted octanol–water partition coefficient (Wildman–Crippen LogP) is 4.83. The number of carboxylic acid groups (broad SMARTS) is 1. The fourth-order valence-corrected chi connectivity index (χ4v) is 7.67. The maximum atomic E-state index is 11.9. The molecule has 25 heavy (non-hydrogen) atoms. The van der Waals surface area contributed by atoms with Crippen LogP contribution in [-0.4, -0.2) is 22.2 Å². The number of hydrogen-bond acceptors (Lipinski definition) is 2. The van der Waals surface area contributed by atoms with Crippen molar-refractivity contribution >= 4 is 23.4 Å². The summed E-state index contributed by atoms with van der Waals surface area (Å²) in [6.07, 6.45) is 10.1. The molecule has 1 unspecified atom stereocenters. The number of alkyl halides is 1. The minimum atomic E-state index is -0.859. The van der Waals surface area contributed by atoms with Crippen molar-refractivity contribution in [1.29, 1.82) is 0 Å². The van der Waals surface area contributed by atoms with E-state index >= 15 is 0 Å². The first-order valence-electron chi connectivity index (χ1n) is 9.88. The summed E-state index contributed by atoms with van der Waals surface area (Å²) >= 11 is 6.31. The molecule has 0 heterocycles. The largest absolute Gasteiger partial charge is 0.480 e. The molecule has 3 saturated carbocycles. The van der Waals surface area contributed by atoms with Gasteiger partial charge in [-0.1, -0.05) is 19.4 Å². The van der Waals surface area contributed by atoms with E-state index in [4.69, 9.17) is 11.6 Å². The Morgan fingerprint density at radius 1 is 1.16 bits per heavy atom. The van der Waals surface area contributed by atoms with Gasteiger partial charge in [-0.15, -0.1) is 11.6 Å². The van der Waals surface area contributed by atoms with E-state index in [0.717, 1.165) is 44.9 Å². The van der Waals surface area contributed by atoms with Gasteiger partial charge in [0.25, 0.3) is 0 Å². The van der Waals surface area contributed by atoms with E-state index in [-0.39, 0.29) is 16.7 Å². The number of ketones is 1. The van der Waals surface area contributed by atoms with Gasteiger partial charge >= 0.3 is 5.97 Å². The van der Waals surface area contributed by atoms with Crippen molar-refractivity contribution in [3.63, 3.8) is 0 Å². The first kappa shape index (κ1) is 17.6. The smallest absolute Gasteiger partial charge is 0.321 e. The lowest BCUT2D eigenvalue weighted by Crippen LogP contribution is -2.51. The van der Waals surface area contributed by atoms with E-state index in [1.165, 1.54) is 5.57 Å². The molecule has 0 aromatic carbocycles. The molecule has 3 nitrogen and oxygen atoms in total. The number of rotatable bonds is 2. The summed E-state index contributed by atoms with van der Waals surface area (Å²) in [6.45, 7) is 4.70. The highest BCUT2D eigenvalue weighted by molar-refractivity contribution is 6.29. The summed E-state index contributed by atoms with van der Waals surface area (Å²) in [5.41, 5.74) is 1.64. The van der Waals surface area contributed by atoms with Gasteiger partial charge in [-0.3, -0.25) is 9.59 Å². The predicted molar refractivity (Wildman–Crippen MR) is 97.5 cm³/mol. The molecule has 0 spiro atoms. The zero-order chi connectivity index (χ0) is 18.0. The summed E-state index contributed by atoms with van der Waals surface area (Å²) in [7, 11) is 0. The molecule has 7 atom stereocenters. The zero-order valence-corrected chi connectivity index (χ0v) is 16.0. The summed E-state index contributed by atoms with van der Waals surface area (Å²) in [5.74, 6) is 1.44. The zero-order valence-electron chi connectivity index (χ0n) is 15.3. The fourth-order valence-electron chi connectivity index (χ4n) is 7.25. The number of carbonyl (C=O) groups is 2. The van der Waals surface area contributed by atoms with Crippen LogP contribution in [-0.2, 0) is 9.59 Å². The summed E-state index contributed by atoms with van der Waals surface area (Å²) < 4.78 is 0. The molecule has 0 radical (unpaired) electrons. The highest BCUT2D eigenvalue weighted by Crippen LogP contribution is 2.67. The average molecular weight is 365 g/mol. The SMILES string of the molecule is C[C@]12CC[C@H]3[C@@H](CCC4=CC(=O)CC[C@@]43C)[C@@H]1CC[C@@H]2C(Cl)C(=O)O. The topological polar surface area (TPSA) is 54.4 Å². The number of hydrogen-bond donors (Lipinski definition) is 1. The summed E-state index contributed by atoms with van der Waals surface area (Å²) in [5, 5.41) is 8.67. The van der Waals surface area contributed by atoms with Crippen LogP contribution in [0.4, 0.5) is 0 Å². The van der Waals surface area contributed by atoms with Crippen LogP contribution in [0.3, 0.4) is 0 Å². The molecule has 4 rings (SSSR count). The summed E-state index contributed by atoms with van der Waals surface area (Å²) in [4.78, 5) is 23.4. The lowest BCUT2D eigenvalue weighted by atomic mass is 9.47. The molecule has 1 N–H and O–H groups in total. The minimum absolute atomic E-state index is 0.0635. The lowest BCUT2D eigenvalue weighted by molar-refractivity contribution is -0.139. The molecule has 0 aliphatic heterocycles. The Morgan fingerprint density at radius 3 is 2.64 bits per heavy atom. The second-order valence-electron chi connectivity index (χ2n) is 9.44. The van der Waals surface area contributed by atoms with Gasteiger partial charge < -0.3 is 5.11 Å². The molecule has 0 aromatic heterocycles. The van der Waals surface area contributed by atoms with E-state index < -0.39 is 11.3 Å². The van der Waals surface area contributed by atoms with Crippen LogP contribution in [0.5, 0.6) is 0 Å². The van der Waals surface area contributed by atoms with Crippen molar-refractivity contribution in [3.8, 4) is 0 Å². The number of carboxylic acids is 1. The molecule has 138 valence electrons. The van der Waals surface area contributed by atoms with Crippen molar-refractivity contribution in [1.82, 2.24) is 0 Å². The van der Waals surface area contributed by atoms with Crippen molar-refractivity contribution in [3.05, 3.63) is 11.6 Å². The van der Waals surface area contributed by atoms with Gasteiger partial charge in [-0.2, -0.15) is 0 Å². The minimum Gasteiger partial charge on any atom is -0.480 e. The standard InChI is InChI=1S/C21H29ClO3/c1-20-9-7-13(23)11-12(20)3-4-14-15-5-6-17(18(22)19(24)25)21(15,2)10-8-16(14)20/h11,14-18H,3-10H2,1-2H3,(H,24,25)/t14-,15-,16-,17+,18?,20-,21-/m0/s1. The van der Waals surface area contributed by atoms with Crippen LogP contribution in [0, 0.1) is 34.5 Å². The number of halogens is 1. The number of fused-ring (bicyclic) bond motifs is 5. The van der Waals surface area contributed by atoms with E-state index in [0.29, 0.717) is 30.0 Å². The maximum absolute atomic E-state index is 11.9. The van der Waals surface area contributed by atoms with Gasteiger partial charge in [0.15, 0.2) is 5.78 Å². The molecule has 3 fully saturated rings. The first-order valence-corrected chi connectivity index (χ1v) is 10.3. The van der Waals surface area contributed by atoms with Crippen LogP contribution in [0.2, 0.25) is 0 Å². The van der Waals surface area contributed by atoms with Crippen LogP contribution in [0.15, 0.2) is 11.6 Å². The Bertz CT molecular complexity index is 641. The Morgan fingerprint density at radius 2 is 1.92 bits per heavy atom. The molecule has 0 aromatic rings. The molecular formula is C21H29ClO3. The molecular weight excluding hydrogens is 336 g/mol. The molecule has 0 saturated heterocycles. The second kappa shape index (κ2) is 5.84. The van der Waals surface area contributed by atoms with Gasteiger partial charge in [0.05, 0.1) is 0 Å². The normalized spacial score (nSPS) is 47.3. The molecule has 0 amide bonds. The lowest BCUT2D eigenvalue weighted by Gasteiger charge is -2.58. The quantitative estimate of drug-likeness (QED) is 0.714. The fraction of sp³-hybridized carbons (Fsp3) is 0.810. The first-order chi connectivity index (χ1) is 11.8. The van der Waals surface area contributed by atoms with Crippen LogP contribution in [0.25, 0.3) is 0 Å². The number of allylic oxidation sites excluding steroid dienone is 1. The molecule has 4 aliphatic carbocycles. The van der Waals surface area contributed by atoms with Gasteiger partial charge in [-0.05, 0) is 85.5 Å². The highest BCUT2D eigenvalue weighted by Gasteiger charge is 2.60. The average Bonchev–Trinajstić information content (AvgIpc) is 2.92. The highest BCUT2D eigenvalue weighted by atomic mass is 35.5. The van der Waals surface area contributed by atoms with E-state index in [9.17, 15) is 14.7 Å².